The zero-order chi connectivity index (χ0) is 20.3. The number of aromatic nitrogens is 3. The van der Waals surface area contributed by atoms with E-state index in [2.05, 4.69) is 15.4 Å². The summed E-state index contributed by atoms with van der Waals surface area (Å²) in [6.07, 6.45) is 3.36. The van der Waals surface area contributed by atoms with E-state index in [0.717, 1.165) is 28.1 Å². The third-order valence-electron chi connectivity index (χ3n) is 4.42. The number of carbonyl (C=O) groups excluding carboxylic acids is 1. The van der Waals surface area contributed by atoms with Crippen molar-refractivity contribution in [2.45, 2.75) is 33.7 Å². The Kier molecular flexibility index (Phi) is 5.54. The van der Waals surface area contributed by atoms with Gasteiger partial charge in [-0.05, 0) is 43.5 Å². The van der Waals surface area contributed by atoms with Crippen LogP contribution < -0.4 is 5.32 Å². The molecule has 0 saturated carbocycles. The first-order valence-corrected chi connectivity index (χ1v) is 8.90. The Labute approximate surface area is 163 Å². The minimum absolute atomic E-state index is 0.0292. The lowest BCUT2D eigenvalue weighted by Gasteiger charge is -2.14. The highest BCUT2D eigenvalue weighted by molar-refractivity contribution is 5.96. The number of carboxylic acids is 1. The van der Waals surface area contributed by atoms with Gasteiger partial charge in [0.05, 0.1) is 17.8 Å². The van der Waals surface area contributed by atoms with E-state index >= 15 is 0 Å². The first-order valence-electron chi connectivity index (χ1n) is 8.90. The van der Waals surface area contributed by atoms with E-state index in [9.17, 15) is 9.59 Å². The van der Waals surface area contributed by atoms with E-state index in [1.165, 1.54) is 0 Å². The Morgan fingerprint density at radius 1 is 1.11 bits per heavy atom. The first kappa shape index (κ1) is 19.3. The number of benzene rings is 1. The number of aliphatic carboxylic acids is 1. The summed E-state index contributed by atoms with van der Waals surface area (Å²) in [5.74, 6) is -1.05. The molecule has 0 bridgehead atoms. The predicted molar refractivity (Wildman–Crippen MR) is 106 cm³/mol. The number of hydrogen-bond acceptors (Lipinski definition) is 4. The lowest BCUT2D eigenvalue weighted by Crippen LogP contribution is -2.21. The normalized spacial score (nSPS) is 10.7. The molecule has 0 saturated heterocycles. The van der Waals surface area contributed by atoms with E-state index in [1.807, 2.05) is 39.0 Å². The summed E-state index contributed by atoms with van der Waals surface area (Å²) < 4.78 is 1.67. The van der Waals surface area contributed by atoms with Gasteiger partial charge in [0.1, 0.15) is 6.54 Å². The third-order valence-corrected chi connectivity index (χ3v) is 4.42. The summed E-state index contributed by atoms with van der Waals surface area (Å²) in [5, 5.41) is 16.2. The molecule has 1 aromatic carbocycles. The van der Waals surface area contributed by atoms with Gasteiger partial charge in [0.15, 0.2) is 0 Å². The van der Waals surface area contributed by atoms with Crippen molar-refractivity contribution in [1.82, 2.24) is 14.8 Å². The molecule has 0 aliphatic heterocycles. The number of rotatable bonds is 6. The number of hydrogen-bond donors (Lipinski definition) is 2. The Bertz CT molecular complexity index is 1020. The van der Waals surface area contributed by atoms with Gasteiger partial charge in [-0.2, -0.15) is 5.10 Å². The molecule has 0 atom stereocenters. The van der Waals surface area contributed by atoms with E-state index in [0.29, 0.717) is 11.3 Å². The second kappa shape index (κ2) is 8.04. The van der Waals surface area contributed by atoms with Crippen molar-refractivity contribution >= 4 is 17.6 Å². The molecular formula is C21H22N4O3. The molecular weight excluding hydrogens is 356 g/mol. The van der Waals surface area contributed by atoms with Crippen molar-refractivity contribution in [3.63, 3.8) is 0 Å². The molecule has 28 heavy (non-hydrogen) atoms. The van der Waals surface area contributed by atoms with Crippen molar-refractivity contribution in [3.05, 3.63) is 65.2 Å². The number of carboxylic acid groups (broad SMARTS) is 1. The Morgan fingerprint density at radius 2 is 1.82 bits per heavy atom. The molecule has 7 nitrogen and oxygen atoms in total. The average molecular weight is 378 g/mol. The zero-order valence-electron chi connectivity index (χ0n) is 16.1. The molecule has 0 aliphatic rings. The van der Waals surface area contributed by atoms with Crippen molar-refractivity contribution in [1.29, 1.82) is 0 Å². The molecule has 2 heterocycles. The van der Waals surface area contributed by atoms with E-state index in [-0.39, 0.29) is 18.9 Å². The molecule has 144 valence electrons. The summed E-state index contributed by atoms with van der Waals surface area (Å²) in [6, 6.07) is 9.15. The number of amides is 1. The molecule has 3 rings (SSSR count). The van der Waals surface area contributed by atoms with Gasteiger partial charge in [0, 0.05) is 23.7 Å². The van der Waals surface area contributed by atoms with E-state index < -0.39 is 5.97 Å². The lowest BCUT2D eigenvalue weighted by molar-refractivity contribution is -0.136. The van der Waals surface area contributed by atoms with Gasteiger partial charge in [0.2, 0.25) is 5.91 Å². The highest BCUT2D eigenvalue weighted by Crippen LogP contribution is 2.30. The molecule has 0 fully saturated rings. The molecule has 7 heteroatoms. The number of anilines is 1. The molecule has 0 aliphatic carbocycles. The fraction of sp³-hybridized carbons (Fsp3) is 0.238. The maximum atomic E-state index is 12.6. The number of nitrogens with zero attached hydrogens (tertiary/aromatic N) is 3. The highest BCUT2D eigenvalue weighted by atomic mass is 16.4. The van der Waals surface area contributed by atoms with Gasteiger partial charge < -0.3 is 10.4 Å². The molecule has 2 N–H and O–H groups in total. The minimum atomic E-state index is -0.873. The van der Waals surface area contributed by atoms with Crippen LogP contribution in [0.15, 0.2) is 42.7 Å². The minimum Gasteiger partial charge on any atom is -0.481 e. The SMILES string of the molecule is Cc1cc(C)n(CC(=O)Nc2c(C)cncc2-c2ccc(CC(=O)O)cc2)n1. The molecule has 2 aromatic heterocycles. The summed E-state index contributed by atoms with van der Waals surface area (Å²) in [6.45, 7) is 5.81. The number of nitrogens with one attached hydrogen (secondary N) is 1. The topological polar surface area (TPSA) is 97.1 Å². The van der Waals surface area contributed by atoms with Gasteiger partial charge in [-0.15, -0.1) is 0 Å². The van der Waals surface area contributed by atoms with Gasteiger partial charge in [-0.1, -0.05) is 24.3 Å². The summed E-state index contributed by atoms with van der Waals surface area (Å²) in [7, 11) is 0. The van der Waals surface area contributed by atoms with Gasteiger partial charge in [-0.3, -0.25) is 19.3 Å². The second-order valence-electron chi connectivity index (χ2n) is 6.78. The van der Waals surface area contributed by atoms with Gasteiger partial charge in [0.25, 0.3) is 0 Å². The number of pyridine rings is 1. The van der Waals surface area contributed by atoms with E-state index in [4.69, 9.17) is 5.11 Å². The van der Waals surface area contributed by atoms with Crippen molar-refractivity contribution < 1.29 is 14.7 Å². The monoisotopic (exact) mass is 378 g/mol. The summed E-state index contributed by atoms with van der Waals surface area (Å²) in [4.78, 5) is 27.7. The van der Waals surface area contributed by atoms with Crippen LogP contribution in [0.4, 0.5) is 5.69 Å². The molecule has 0 spiro atoms. The van der Waals surface area contributed by atoms with Crippen molar-refractivity contribution in [3.8, 4) is 11.1 Å². The van der Waals surface area contributed by atoms with Gasteiger partial charge >= 0.3 is 5.97 Å². The van der Waals surface area contributed by atoms with Crippen LogP contribution in [-0.4, -0.2) is 31.7 Å². The largest absolute Gasteiger partial charge is 0.481 e. The van der Waals surface area contributed by atoms with E-state index in [1.54, 1.807) is 29.2 Å². The standard InChI is InChI=1S/C21H22N4O3/c1-13-10-22-11-18(17-6-4-16(5-7-17)9-20(27)28)21(13)23-19(26)12-25-15(3)8-14(2)24-25/h4-8,10-11H,9,12H2,1-3H3,(H,27,28)(H,22,23,26). The van der Waals surface area contributed by atoms with Crippen LogP contribution >= 0.6 is 0 Å². The van der Waals surface area contributed by atoms with Crippen molar-refractivity contribution in [2.75, 3.05) is 5.32 Å². The Balaban J connectivity index is 1.84. The molecule has 1 amide bonds. The van der Waals surface area contributed by atoms with Crippen LogP contribution in [-0.2, 0) is 22.6 Å². The summed E-state index contributed by atoms with van der Waals surface area (Å²) >= 11 is 0. The predicted octanol–water partition coefficient (Wildman–Crippen LogP) is 3.14. The van der Waals surface area contributed by atoms with Crippen LogP contribution in [0.2, 0.25) is 0 Å². The number of carbonyl (C=O) groups is 2. The Morgan fingerprint density at radius 3 is 2.43 bits per heavy atom. The quantitative estimate of drug-likeness (QED) is 0.687. The van der Waals surface area contributed by atoms with Gasteiger partial charge in [-0.25, -0.2) is 0 Å². The maximum absolute atomic E-state index is 12.6. The summed E-state index contributed by atoms with van der Waals surface area (Å²) in [5.41, 5.74) is 5.67. The molecule has 0 unspecified atom stereocenters. The zero-order valence-corrected chi connectivity index (χ0v) is 16.1. The van der Waals surface area contributed by atoms with Crippen LogP contribution in [0.5, 0.6) is 0 Å². The third kappa shape index (κ3) is 4.43. The number of aryl methyl sites for hydroxylation is 3. The van der Waals surface area contributed by atoms with Crippen LogP contribution in [0.25, 0.3) is 11.1 Å². The fourth-order valence-electron chi connectivity index (χ4n) is 3.08. The van der Waals surface area contributed by atoms with Crippen LogP contribution in [0.3, 0.4) is 0 Å². The lowest BCUT2D eigenvalue weighted by atomic mass is 10.0. The fourth-order valence-corrected chi connectivity index (χ4v) is 3.08. The second-order valence-corrected chi connectivity index (χ2v) is 6.78. The molecule has 3 aromatic rings. The molecule has 0 radical (unpaired) electrons. The Hall–Kier alpha value is -3.48. The smallest absolute Gasteiger partial charge is 0.307 e. The first-order chi connectivity index (χ1) is 13.3. The average Bonchev–Trinajstić information content (AvgIpc) is 2.94. The van der Waals surface area contributed by atoms with Crippen LogP contribution in [0.1, 0.15) is 22.5 Å². The van der Waals surface area contributed by atoms with Crippen molar-refractivity contribution in [2.24, 2.45) is 0 Å². The maximum Gasteiger partial charge on any atom is 0.307 e. The van der Waals surface area contributed by atoms with Crippen LogP contribution in [0, 0.1) is 20.8 Å². The highest BCUT2D eigenvalue weighted by Gasteiger charge is 2.14.